The number of hydroxylamine groups is 1. The van der Waals surface area contributed by atoms with Crippen LogP contribution in [0, 0.1) is 0 Å². The number of rotatable bonds is 5. The number of hydrogen-bond acceptors (Lipinski definition) is 4. The lowest BCUT2D eigenvalue weighted by atomic mass is 10.2. The Labute approximate surface area is 94.3 Å². The first-order valence-corrected chi connectivity index (χ1v) is 4.87. The van der Waals surface area contributed by atoms with E-state index in [4.69, 9.17) is 9.47 Å². The van der Waals surface area contributed by atoms with Gasteiger partial charge in [-0.2, -0.15) is 0 Å². The van der Waals surface area contributed by atoms with Crippen LogP contribution in [0.1, 0.15) is 17.3 Å². The maximum absolute atomic E-state index is 11.5. The molecular weight excluding hydrogens is 210 g/mol. The molecule has 0 fully saturated rings. The Morgan fingerprint density at radius 3 is 2.62 bits per heavy atom. The van der Waals surface area contributed by atoms with Gasteiger partial charge in [0, 0.05) is 5.56 Å². The number of amides is 1. The molecule has 0 aromatic heterocycles. The van der Waals surface area contributed by atoms with Crippen molar-refractivity contribution >= 4 is 5.91 Å². The Balaban J connectivity index is 2.96. The Kier molecular flexibility index (Phi) is 4.60. The fourth-order valence-corrected chi connectivity index (χ4v) is 1.24. The fraction of sp³-hybridized carbons (Fsp3) is 0.364. The molecule has 0 unspecified atom stereocenters. The van der Waals surface area contributed by atoms with E-state index in [1.165, 1.54) is 7.11 Å². The topological polar surface area (TPSA) is 56.8 Å². The second kappa shape index (κ2) is 5.97. The second-order valence-electron chi connectivity index (χ2n) is 2.93. The number of methoxy groups -OCH3 is 1. The van der Waals surface area contributed by atoms with Crippen molar-refractivity contribution < 1.29 is 19.1 Å². The van der Waals surface area contributed by atoms with Crippen LogP contribution in [0.3, 0.4) is 0 Å². The Hall–Kier alpha value is -1.75. The highest BCUT2D eigenvalue weighted by Gasteiger charge is 2.10. The summed E-state index contributed by atoms with van der Waals surface area (Å²) in [4.78, 5) is 16.0. The molecule has 0 saturated carbocycles. The quantitative estimate of drug-likeness (QED) is 0.769. The number of benzene rings is 1. The van der Waals surface area contributed by atoms with E-state index in [1.807, 2.05) is 6.92 Å². The zero-order valence-electron chi connectivity index (χ0n) is 9.57. The van der Waals surface area contributed by atoms with Crippen LogP contribution in [-0.4, -0.2) is 26.7 Å². The molecule has 0 aliphatic heterocycles. The first kappa shape index (κ1) is 12.3. The predicted molar refractivity (Wildman–Crippen MR) is 58.6 cm³/mol. The van der Waals surface area contributed by atoms with Crippen LogP contribution >= 0.6 is 0 Å². The van der Waals surface area contributed by atoms with Gasteiger partial charge in [-0.05, 0) is 25.1 Å². The average Bonchev–Trinajstić information content (AvgIpc) is 2.29. The van der Waals surface area contributed by atoms with E-state index >= 15 is 0 Å². The summed E-state index contributed by atoms with van der Waals surface area (Å²) in [5, 5.41) is 0. The van der Waals surface area contributed by atoms with Crippen molar-refractivity contribution in [3.8, 4) is 11.5 Å². The van der Waals surface area contributed by atoms with Gasteiger partial charge >= 0.3 is 0 Å². The van der Waals surface area contributed by atoms with Gasteiger partial charge in [-0.1, -0.05) is 0 Å². The zero-order valence-corrected chi connectivity index (χ0v) is 9.57. The zero-order chi connectivity index (χ0) is 12.0. The highest BCUT2D eigenvalue weighted by molar-refractivity contribution is 5.94. The molecule has 88 valence electrons. The first-order valence-electron chi connectivity index (χ1n) is 4.87. The van der Waals surface area contributed by atoms with Crippen molar-refractivity contribution in [2.24, 2.45) is 0 Å². The summed E-state index contributed by atoms with van der Waals surface area (Å²) < 4.78 is 10.5. The van der Waals surface area contributed by atoms with Crippen molar-refractivity contribution in [1.29, 1.82) is 0 Å². The maximum atomic E-state index is 11.5. The molecule has 5 nitrogen and oxygen atoms in total. The van der Waals surface area contributed by atoms with Crippen LogP contribution in [0.25, 0.3) is 0 Å². The minimum absolute atomic E-state index is 0.328. The Morgan fingerprint density at radius 2 is 2.06 bits per heavy atom. The summed E-state index contributed by atoms with van der Waals surface area (Å²) in [5.74, 6) is 0.802. The highest BCUT2D eigenvalue weighted by Crippen LogP contribution is 2.27. The van der Waals surface area contributed by atoms with Gasteiger partial charge in [0.15, 0.2) is 11.5 Å². The van der Waals surface area contributed by atoms with Gasteiger partial charge in [0.05, 0.1) is 20.8 Å². The molecule has 0 spiro atoms. The number of carbonyl (C=O) groups excluding carboxylic acids is 1. The molecule has 1 aromatic carbocycles. The summed E-state index contributed by atoms with van der Waals surface area (Å²) in [6.07, 6.45) is 0. The molecule has 1 aromatic rings. The van der Waals surface area contributed by atoms with E-state index < -0.39 is 0 Å². The molecule has 0 atom stereocenters. The molecule has 5 heteroatoms. The largest absolute Gasteiger partial charge is 0.493 e. The first-order chi connectivity index (χ1) is 7.72. The van der Waals surface area contributed by atoms with Gasteiger partial charge in [0.1, 0.15) is 0 Å². The van der Waals surface area contributed by atoms with E-state index in [2.05, 4.69) is 10.3 Å². The molecule has 16 heavy (non-hydrogen) atoms. The van der Waals surface area contributed by atoms with E-state index in [-0.39, 0.29) is 5.91 Å². The van der Waals surface area contributed by atoms with E-state index in [9.17, 15) is 4.79 Å². The minimum Gasteiger partial charge on any atom is -0.493 e. The standard InChI is InChI=1S/C11H15NO4/c1-4-16-10-7-8(11(13)12-15-3)5-6-9(10)14-2/h5-7H,4H2,1-3H3,(H,12,13). The molecule has 0 radical (unpaired) electrons. The van der Waals surface area contributed by atoms with E-state index in [1.54, 1.807) is 25.3 Å². The van der Waals surface area contributed by atoms with Gasteiger partial charge < -0.3 is 9.47 Å². The van der Waals surface area contributed by atoms with E-state index in [0.29, 0.717) is 23.7 Å². The monoisotopic (exact) mass is 225 g/mol. The number of carbonyl (C=O) groups is 1. The molecule has 0 aliphatic rings. The molecule has 1 rings (SSSR count). The van der Waals surface area contributed by atoms with Crippen LogP contribution < -0.4 is 15.0 Å². The van der Waals surface area contributed by atoms with Crippen LogP contribution in [0.15, 0.2) is 18.2 Å². The molecule has 0 heterocycles. The molecule has 0 bridgehead atoms. The lowest BCUT2D eigenvalue weighted by Crippen LogP contribution is -2.21. The van der Waals surface area contributed by atoms with Gasteiger partial charge in [-0.3, -0.25) is 9.63 Å². The average molecular weight is 225 g/mol. The SMILES string of the molecule is CCOc1cc(C(=O)NOC)ccc1OC. The van der Waals surface area contributed by atoms with Gasteiger partial charge in [-0.25, -0.2) is 5.48 Å². The fourth-order valence-electron chi connectivity index (χ4n) is 1.24. The van der Waals surface area contributed by atoms with Crippen molar-refractivity contribution in [3.05, 3.63) is 23.8 Å². The number of nitrogens with one attached hydrogen (secondary N) is 1. The normalized spacial score (nSPS) is 9.69. The van der Waals surface area contributed by atoms with Gasteiger partial charge in [0.25, 0.3) is 5.91 Å². The maximum Gasteiger partial charge on any atom is 0.274 e. The highest BCUT2D eigenvalue weighted by atomic mass is 16.6. The lowest BCUT2D eigenvalue weighted by molar-refractivity contribution is 0.0537. The van der Waals surface area contributed by atoms with E-state index in [0.717, 1.165) is 0 Å². The van der Waals surface area contributed by atoms with Crippen LogP contribution in [0.2, 0.25) is 0 Å². The molecule has 0 saturated heterocycles. The molecule has 1 amide bonds. The van der Waals surface area contributed by atoms with Crippen LogP contribution in [0.4, 0.5) is 0 Å². The van der Waals surface area contributed by atoms with Crippen molar-refractivity contribution in [2.75, 3.05) is 20.8 Å². The predicted octanol–water partition coefficient (Wildman–Crippen LogP) is 1.39. The summed E-state index contributed by atoms with van der Waals surface area (Å²) in [5.41, 5.74) is 2.68. The Bertz CT molecular complexity index is 365. The minimum atomic E-state index is -0.328. The number of ether oxygens (including phenoxy) is 2. The van der Waals surface area contributed by atoms with Gasteiger partial charge in [0.2, 0.25) is 0 Å². The summed E-state index contributed by atoms with van der Waals surface area (Å²) in [6, 6.07) is 4.92. The van der Waals surface area contributed by atoms with Crippen LogP contribution in [0.5, 0.6) is 11.5 Å². The summed E-state index contributed by atoms with van der Waals surface area (Å²) in [6.45, 7) is 2.37. The Morgan fingerprint density at radius 1 is 1.31 bits per heavy atom. The molecule has 1 N–H and O–H groups in total. The van der Waals surface area contributed by atoms with Crippen molar-refractivity contribution in [3.63, 3.8) is 0 Å². The summed E-state index contributed by atoms with van der Waals surface area (Å²) in [7, 11) is 2.93. The smallest absolute Gasteiger partial charge is 0.274 e. The van der Waals surface area contributed by atoms with Crippen molar-refractivity contribution in [2.45, 2.75) is 6.92 Å². The van der Waals surface area contributed by atoms with Crippen molar-refractivity contribution in [1.82, 2.24) is 5.48 Å². The number of hydrogen-bond donors (Lipinski definition) is 1. The summed E-state index contributed by atoms with van der Waals surface area (Å²) >= 11 is 0. The van der Waals surface area contributed by atoms with Crippen LogP contribution in [-0.2, 0) is 4.84 Å². The third-order valence-corrected chi connectivity index (χ3v) is 1.92. The second-order valence-corrected chi connectivity index (χ2v) is 2.93. The molecule has 0 aliphatic carbocycles. The van der Waals surface area contributed by atoms with Gasteiger partial charge in [-0.15, -0.1) is 0 Å². The third kappa shape index (κ3) is 2.87. The molecular formula is C11H15NO4. The lowest BCUT2D eigenvalue weighted by Gasteiger charge is -2.10. The third-order valence-electron chi connectivity index (χ3n) is 1.92.